The summed E-state index contributed by atoms with van der Waals surface area (Å²) >= 11 is 0. The van der Waals surface area contributed by atoms with Crippen molar-refractivity contribution in [3.63, 3.8) is 0 Å². The van der Waals surface area contributed by atoms with E-state index in [0.29, 0.717) is 5.41 Å². The summed E-state index contributed by atoms with van der Waals surface area (Å²) in [6.45, 7) is 12.0. The molecule has 0 amide bonds. The van der Waals surface area contributed by atoms with Gasteiger partial charge in [-0.3, -0.25) is 0 Å². The van der Waals surface area contributed by atoms with Crippen LogP contribution in [0.4, 0.5) is 0 Å². The molecular weight excluding hydrogens is 244 g/mol. The summed E-state index contributed by atoms with van der Waals surface area (Å²) < 4.78 is 9.78. The molecular formula is C15H28O4. The fourth-order valence-corrected chi connectivity index (χ4v) is 1.48. The van der Waals surface area contributed by atoms with E-state index in [1.54, 1.807) is 20.8 Å². The lowest BCUT2D eigenvalue weighted by Crippen LogP contribution is -2.30. The van der Waals surface area contributed by atoms with Gasteiger partial charge in [0.15, 0.2) is 0 Å². The van der Waals surface area contributed by atoms with Crippen LogP contribution >= 0.6 is 0 Å². The zero-order chi connectivity index (χ0) is 15.1. The summed E-state index contributed by atoms with van der Waals surface area (Å²) in [5, 5.41) is 0. The number of carbonyl (C=O) groups is 2. The fourth-order valence-electron chi connectivity index (χ4n) is 1.48. The average Bonchev–Trinajstić information content (AvgIpc) is 2.18. The van der Waals surface area contributed by atoms with Crippen LogP contribution in [0.5, 0.6) is 0 Å². The van der Waals surface area contributed by atoms with E-state index < -0.39 is 17.5 Å². The predicted octanol–water partition coefficient (Wildman–Crippen LogP) is 3.48. The summed E-state index contributed by atoms with van der Waals surface area (Å²) in [6.07, 6.45) is 4.03. The van der Waals surface area contributed by atoms with Crippen molar-refractivity contribution in [3.05, 3.63) is 0 Å². The Morgan fingerprint density at radius 1 is 0.842 bits per heavy atom. The Kier molecular flexibility index (Phi) is 7.09. The van der Waals surface area contributed by atoms with Gasteiger partial charge in [0.25, 0.3) is 0 Å². The van der Waals surface area contributed by atoms with Crippen LogP contribution in [0.1, 0.15) is 67.2 Å². The van der Waals surface area contributed by atoms with Crippen molar-refractivity contribution in [1.29, 1.82) is 0 Å². The summed E-state index contributed by atoms with van der Waals surface area (Å²) in [6, 6.07) is 0. The van der Waals surface area contributed by atoms with E-state index in [4.69, 9.17) is 9.47 Å². The lowest BCUT2D eigenvalue weighted by Gasteiger charge is -2.18. The fraction of sp³-hybridized carbons (Fsp3) is 0.867. The molecule has 0 aliphatic carbocycles. The molecule has 0 aromatic heterocycles. The molecule has 0 heterocycles. The number of unbranched alkanes of at least 4 members (excludes halogenated alkanes) is 2. The zero-order valence-electron chi connectivity index (χ0n) is 13.2. The lowest BCUT2D eigenvalue weighted by molar-refractivity contribution is -0.174. The van der Waals surface area contributed by atoms with Crippen molar-refractivity contribution in [2.45, 2.75) is 72.8 Å². The molecule has 0 aromatic carbocycles. The highest BCUT2D eigenvalue weighted by molar-refractivity contribution is 6.29. The van der Waals surface area contributed by atoms with Crippen LogP contribution < -0.4 is 0 Å². The molecule has 0 unspecified atom stereocenters. The van der Waals surface area contributed by atoms with Gasteiger partial charge in [0, 0.05) is 0 Å². The molecule has 0 aromatic rings. The second-order valence-electron chi connectivity index (χ2n) is 7.01. The summed E-state index contributed by atoms with van der Waals surface area (Å²) in [5.41, 5.74) is -0.323. The Labute approximate surface area is 116 Å². The minimum Gasteiger partial charge on any atom is -0.457 e. The quantitative estimate of drug-likeness (QED) is 0.437. The SMILES string of the molecule is CC(C)(C)CCCCCOC(=O)C(=O)OC(C)(C)C. The van der Waals surface area contributed by atoms with Crippen molar-refractivity contribution >= 4 is 11.9 Å². The third kappa shape index (κ3) is 11.7. The van der Waals surface area contributed by atoms with Crippen LogP contribution in [0.25, 0.3) is 0 Å². The van der Waals surface area contributed by atoms with Crippen molar-refractivity contribution < 1.29 is 19.1 Å². The van der Waals surface area contributed by atoms with E-state index in [1.165, 1.54) is 0 Å². The summed E-state index contributed by atoms with van der Waals surface area (Å²) in [4.78, 5) is 22.6. The molecule has 4 nitrogen and oxygen atoms in total. The van der Waals surface area contributed by atoms with E-state index in [-0.39, 0.29) is 6.61 Å². The molecule has 0 fully saturated rings. The van der Waals surface area contributed by atoms with Crippen molar-refractivity contribution in [3.8, 4) is 0 Å². The Morgan fingerprint density at radius 2 is 1.42 bits per heavy atom. The van der Waals surface area contributed by atoms with Gasteiger partial charge in [0.1, 0.15) is 5.60 Å². The smallest absolute Gasteiger partial charge is 0.417 e. The van der Waals surface area contributed by atoms with Gasteiger partial charge in [-0.25, -0.2) is 9.59 Å². The van der Waals surface area contributed by atoms with Gasteiger partial charge in [-0.1, -0.05) is 33.6 Å². The topological polar surface area (TPSA) is 52.6 Å². The summed E-state index contributed by atoms with van der Waals surface area (Å²) in [7, 11) is 0. The standard InChI is InChI=1S/C15H28O4/c1-14(2,3)10-8-7-9-11-18-12(16)13(17)19-15(4,5)6/h7-11H2,1-6H3. The first kappa shape index (κ1) is 17.9. The minimum atomic E-state index is -0.915. The Bertz CT molecular complexity index is 294. The second-order valence-corrected chi connectivity index (χ2v) is 7.01. The molecule has 0 spiro atoms. The van der Waals surface area contributed by atoms with Crippen molar-refractivity contribution in [2.24, 2.45) is 5.41 Å². The van der Waals surface area contributed by atoms with Gasteiger partial charge in [-0.05, 0) is 39.0 Å². The molecule has 0 radical (unpaired) electrons. The summed E-state index contributed by atoms with van der Waals surface area (Å²) in [5.74, 6) is -1.81. The normalized spacial score (nSPS) is 12.1. The molecule has 0 aliphatic rings. The Hall–Kier alpha value is -1.06. The molecule has 0 rings (SSSR count). The highest BCUT2D eigenvalue weighted by atomic mass is 16.6. The van der Waals surface area contributed by atoms with Gasteiger partial charge in [0.2, 0.25) is 0 Å². The van der Waals surface area contributed by atoms with Crippen LogP contribution in [-0.4, -0.2) is 24.1 Å². The van der Waals surface area contributed by atoms with E-state index >= 15 is 0 Å². The van der Waals surface area contributed by atoms with Crippen LogP contribution in [0.2, 0.25) is 0 Å². The number of carbonyl (C=O) groups excluding carboxylic acids is 2. The molecule has 0 N–H and O–H groups in total. The molecule has 0 bridgehead atoms. The van der Waals surface area contributed by atoms with E-state index in [9.17, 15) is 9.59 Å². The Balaban J connectivity index is 3.67. The zero-order valence-corrected chi connectivity index (χ0v) is 13.2. The molecule has 4 heteroatoms. The van der Waals surface area contributed by atoms with Gasteiger partial charge >= 0.3 is 11.9 Å². The van der Waals surface area contributed by atoms with Crippen molar-refractivity contribution in [2.75, 3.05) is 6.61 Å². The first-order valence-corrected chi connectivity index (χ1v) is 6.91. The third-order valence-corrected chi connectivity index (χ3v) is 2.37. The van der Waals surface area contributed by atoms with Gasteiger partial charge < -0.3 is 9.47 Å². The highest BCUT2D eigenvalue weighted by Crippen LogP contribution is 2.21. The number of ether oxygens (including phenoxy) is 2. The van der Waals surface area contributed by atoms with E-state index in [0.717, 1.165) is 25.7 Å². The molecule has 19 heavy (non-hydrogen) atoms. The predicted molar refractivity (Wildman–Crippen MR) is 74.7 cm³/mol. The van der Waals surface area contributed by atoms with Gasteiger partial charge in [0.05, 0.1) is 6.61 Å². The molecule has 0 aliphatic heterocycles. The molecule has 112 valence electrons. The molecule has 0 saturated carbocycles. The highest BCUT2D eigenvalue weighted by Gasteiger charge is 2.23. The minimum absolute atomic E-state index is 0.280. The second kappa shape index (κ2) is 7.51. The number of esters is 2. The maximum atomic E-state index is 11.3. The number of rotatable bonds is 5. The monoisotopic (exact) mass is 272 g/mol. The average molecular weight is 272 g/mol. The molecule has 0 atom stereocenters. The van der Waals surface area contributed by atoms with Crippen molar-refractivity contribution in [1.82, 2.24) is 0 Å². The van der Waals surface area contributed by atoms with E-state index in [2.05, 4.69) is 20.8 Å². The molecule has 0 saturated heterocycles. The first-order chi connectivity index (χ1) is 8.51. The van der Waals surface area contributed by atoms with Gasteiger partial charge in [-0.15, -0.1) is 0 Å². The lowest BCUT2D eigenvalue weighted by atomic mass is 9.89. The van der Waals surface area contributed by atoms with Crippen LogP contribution in [0, 0.1) is 5.41 Å². The van der Waals surface area contributed by atoms with Crippen LogP contribution in [0.15, 0.2) is 0 Å². The number of hydrogen-bond acceptors (Lipinski definition) is 4. The number of hydrogen-bond donors (Lipinski definition) is 0. The third-order valence-electron chi connectivity index (χ3n) is 2.37. The van der Waals surface area contributed by atoms with Crippen LogP contribution in [-0.2, 0) is 19.1 Å². The Morgan fingerprint density at radius 3 is 1.89 bits per heavy atom. The first-order valence-electron chi connectivity index (χ1n) is 6.91. The maximum absolute atomic E-state index is 11.3. The van der Waals surface area contributed by atoms with Crippen LogP contribution in [0.3, 0.4) is 0 Å². The van der Waals surface area contributed by atoms with Gasteiger partial charge in [-0.2, -0.15) is 0 Å². The maximum Gasteiger partial charge on any atom is 0.417 e. The largest absolute Gasteiger partial charge is 0.457 e. The van der Waals surface area contributed by atoms with E-state index in [1.807, 2.05) is 0 Å².